The summed E-state index contributed by atoms with van der Waals surface area (Å²) >= 11 is 0. The number of pyridine rings is 1. The summed E-state index contributed by atoms with van der Waals surface area (Å²) in [5.74, 6) is 1.54. The molecule has 0 saturated carbocycles. The molecule has 1 atom stereocenters. The van der Waals surface area contributed by atoms with Crippen molar-refractivity contribution in [2.24, 2.45) is 5.92 Å². The average Bonchev–Trinajstić information content (AvgIpc) is 2.46. The summed E-state index contributed by atoms with van der Waals surface area (Å²) in [6.45, 7) is 7.70. The molecule has 4 heteroatoms. The van der Waals surface area contributed by atoms with Gasteiger partial charge in [0.2, 0.25) is 0 Å². The van der Waals surface area contributed by atoms with Crippen molar-refractivity contribution in [3.8, 4) is 5.75 Å². The van der Waals surface area contributed by atoms with Crippen LogP contribution in [0, 0.1) is 5.92 Å². The van der Waals surface area contributed by atoms with Gasteiger partial charge < -0.3 is 14.8 Å². The second-order valence-electron chi connectivity index (χ2n) is 5.81. The van der Waals surface area contributed by atoms with Gasteiger partial charge in [-0.25, -0.2) is 0 Å². The van der Waals surface area contributed by atoms with E-state index in [0.717, 1.165) is 37.6 Å². The van der Waals surface area contributed by atoms with E-state index in [1.165, 1.54) is 12.8 Å². The van der Waals surface area contributed by atoms with E-state index in [-0.39, 0.29) is 6.10 Å². The standard InChI is InChI=1S/C16H26N2O2/c1-13(2)10-17-11-14-9-15(6-7-18-14)20-12-16-5-3-4-8-19-16/h6-7,9,13,16-17H,3-5,8,10-12H2,1-2H3. The molecule has 0 spiro atoms. The van der Waals surface area contributed by atoms with Gasteiger partial charge in [0, 0.05) is 25.4 Å². The van der Waals surface area contributed by atoms with Crippen LogP contribution in [0.15, 0.2) is 18.3 Å². The Bertz CT molecular complexity index is 390. The molecule has 0 amide bonds. The summed E-state index contributed by atoms with van der Waals surface area (Å²) < 4.78 is 11.5. The van der Waals surface area contributed by atoms with Crippen LogP contribution in [0.25, 0.3) is 0 Å². The Morgan fingerprint density at radius 2 is 2.35 bits per heavy atom. The Morgan fingerprint density at radius 3 is 3.10 bits per heavy atom. The molecule has 4 nitrogen and oxygen atoms in total. The monoisotopic (exact) mass is 278 g/mol. The average molecular weight is 278 g/mol. The smallest absolute Gasteiger partial charge is 0.122 e. The third kappa shape index (κ3) is 5.47. The fourth-order valence-corrected chi connectivity index (χ4v) is 2.26. The Morgan fingerprint density at radius 1 is 1.45 bits per heavy atom. The number of rotatable bonds is 7. The molecule has 1 fully saturated rings. The van der Waals surface area contributed by atoms with Crippen LogP contribution < -0.4 is 10.1 Å². The lowest BCUT2D eigenvalue weighted by molar-refractivity contribution is -0.0111. The summed E-state index contributed by atoms with van der Waals surface area (Å²) in [7, 11) is 0. The first kappa shape index (κ1) is 15.3. The lowest BCUT2D eigenvalue weighted by atomic mass is 10.1. The molecule has 1 aliphatic heterocycles. The van der Waals surface area contributed by atoms with E-state index in [0.29, 0.717) is 12.5 Å². The highest BCUT2D eigenvalue weighted by atomic mass is 16.5. The number of nitrogens with one attached hydrogen (secondary N) is 1. The van der Waals surface area contributed by atoms with Crippen LogP contribution in [0.4, 0.5) is 0 Å². The fraction of sp³-hybridized carbons (Fsp3) is 0.688. The number of hydrogen-bond acceptors (Lipinski definition) is 4. The van der Waals surface area contributed by atoms with Gasteiger partial charge in [0.25, 0.3) is 0 Å². The predicted octanol–water partition coefficient (Wildman–Crippen LogP) is 2.78. The summed E-state index contributed by atoms with van der Waals surface area (Å²) in [5, 5.41) is 3.39. The predicted molar refractivity (Wildman–Crippen MR) is 79.9 cm³/mol. The third-order valence-corrected chi connectivity index (χ3v) is 3.36. The van der Waals surface area contributed by atoms with Gasteiger partial charge in [-0.3, -0.25) is 4.98 Å². The van der Waals surface area contributed by atoms with Crippen molar-refractivity contribution in [3.05, 3.63) is 24.0 Å². The Balaban J connectivity index is 1.76. The first-order chi connectivity index (χ1) is 9.74. The number of nitrogens with zero attached hydrogens (tertiary/aromatic N) is 1. The molecule has 0 radical (unpaired) electrons. The van der Waals surface area contributed by atoms with E-state index < -0.39 is 0 Å². The SMILES string of the molecule is CC(C)CNCc1cc(OCC2CCCCO2)ccn1. The molecular weight excluding hydrogens is 252 g/mol. The van der Waals surface area contributed by atoms with Crippen molar-refractivity contribution in [3.63, 3.8) is 0 Å². The Labute approximate surface area is 121 Å². The molecule has 0 bridgehead atoms. The van der Waals surface area contributed by atoms with Crippen LogP contribution in [0.1, 0.15) is 38.8 Å². The molecule has 112 valence electrons. The molecule has 0 aliphatic carbocycles. The fourth-order valence-electron chi connectivity index (χ4n) is 2.26. The Kier molecular flexibility index (Phi) is 6.27. The first-order valence-corrected chi connectivity index (χ1v) is 7.64. The summed E-state index contributed by atoms with van der Waals surface area (Å²) in [4.78, 5) is 4.36. The van der Waals surface area contributed by atoms with Crippen LogP contribution in [-0.2, 0) is 11.3 Å². The quantitative estimate of drug-likeness (QED) is 0.833. The zero-order valence-corrected chi connectivity index (χ0v) is 12.6. The van der Waals surface area contributed by atoms with Crippen LogP contribution in [0.5, 0.6) is 5.75 Å². The molecule has 1 aromatic rings. The van der Waals surface area contributed by atoms with E-state index in [1.807, 2.05) is 18.3 Å². The van der Waals surface area contributed by atoms with Gasteiger partial charge in [0.05, 0.1) is 11.8 Å². The number of hydrogen-bond donors (Lipinski definition) is 1. The number of ether oxygens (including phenoxy) is 2. The van der Waals surface area contributed by atoms with Gasteiger partial charge >= 0.3 is 0 Å². The van der Waals surface area contributed by atoms with E-state index in [9.17, 15) is 0 Å². The highest BCUT2D eigenvalue weighted by molar-refractivity contribution is 5.22. The molecule has 1 saturated heterocycles. The second kappa shape index (κ2) is 8.22. The topological polar surface area (TPSA) is 43.4 Å². The van der Waals surface area contributed by atoms with Gasteiger partial charge in [-0.15, -0.1) is 0 Å². The van der Waals surface area contributed by atoms with Crippen molar-refractivity contribution in [1.82, 2.24) is 10.3 Å². The molecule has 1 unspecified atom stereocenters. The largest absolute Gasteiger partial charge is 0.491 e. The molecule has 1 aromatic heterocycles. The van der Waals surface area contributed by atoms with Crippen molar-refractivity contribution in [1.29, 1.82) is 0 Å². The van der Waals surface area contributed by atoms with Crippen molar-refractivity contribution >= 4 is 0 Å². The molecule has 1 N–H and O–H groups in total. The minimum Gasteiger partial charge on any atom is -0.491 e. The molecule has 1 aliphatic rings. The van der Waals surface area contributed by atoms with Crippen LogP contribution in [0.3, 0.4) is 0 Å². The Hall–Kier alpha value is -1.13. The summed E-state index contributed by atoms with van der Waals surface area (Å²) in [5.41, 5.74) is 1.02. The van der Waals surface area contributed by atoms with E-state index in [2.05, 4.69) is 24.1 Å². The molecular formula is C16H26N2O2. The van der Waals surface area contributed by atoms with Crippen LogP contribution in [0.2, 0.25) is 0 Å². The maximum absolute atomic E-state index is 5.82. The van der Waals surface area contributed by atoms with E-state index in [1.54, 1.807) is 0 Å². The minimum atomic E-state index is 0.249. The zero-order valence-electron chi connectivity index (χ0n) is 12.6. The highest BCUT2D eigenvalue weighted by Crippen LogP contribution is 2.16. The highest BCUT2D eigenvalue weighted by Gasteiger charge is 2.14. The maximum atomic E-state index is 5.82. The summed E-state index contributed by atoms with van der Waals surface area (Å²) in [6.07, 6.45) is 5.59. The lowest BCUT2D eigenvalue weighted by Crippen LogP contribution is -2.25. The van der Waals surface area contributed by atoms with Gasteiger partial charge in [-0.2, -0.15) is 0 Å². The second-order valence-corrected chi connectivity index (χ2v) is 5.81. The van der Waals surface area contributed by atoms with Gasteiger partial charge in [0.15, 0.2) is 0 Å². The molecule has 2 heterocycles. The van der Waals surface area contributed by atoms with E-state index in [4.69, 9.17) is 9.47 Å². The normalized spacial score (nSPS) is 19.2. The number of aromatic nitrogens is 1. The molecule has 0 aromatic carbocycles. The van der Waals surface area contributed by atoms with Gasteiger partial charge in [0.1, 0.15) is 12.4 Å². The lowest BCUT2D eigenvalue weighted by Gasteiger charge is -2.22. The van der Waals surface area contributed by atoms with Crippen LogP contribution in [-0.4, -0.2) is 30.8 Å². The zero-order chi connectivity index (χ0) is 14.2. The van der Waals surface area contributed by atoms with Crippen molar-refractivity contribution in [2.45, 2.75) is 45.8 Å². The molecule has 2 rings (SSSR count). The molecule has 20 heavy (non-hydrogen) atoms. The first-order valence-electron chi connectivity index (χ1n) is 7.64. The van der Waals surface area contributed by atoms with Gasteiger partial charge in [-0.1, -0.05) is 13.8 Å². The summed E-state index contributed by atoms with van der Waals surface area (Å²) in [6, 6.07) is 3.92. The van der Waals surface area contributed by atoms with Crippen molar-refractivity contribution < 1.29 is 9.47 Å². The van der Waals surface area contributed by atoms with Crippen molar-refractivity contribution in [2.75, 3.05) is 19.8 Å². The van der Waals surface area contributed by atoms with Crippen LogP contribution >= 0.6 is 0 Å². The maximum Gasteiger partial charge on any atom is 0.122 e. The third-order valence-electron chi connectivity index (χ3n) is 3.36. The minimum absolute atomic E-state index is 0.249. The van der Waals surface area contributed by atoms with Gasteiger partial charge in [-0.05, 0) is 37.8 Å². The van der Waals surface area contributed by atoms with E-state index >= 15 is 0 Å².